The third-order valence-corrected chi connectivity index (χ3v) is 3.59. The standard InChI is InChI=1S/C17H17FN2O6/c1-23-5-6-24-3-2-4-25-14-9-13-10(8-12(14)18)7-11-15(21)19-17(22)20-16(11)26-13/h7-9H,2-6H2,1H3,(H,19,21,22). The molecule has 1 aromatic rings. The minimum Gasteiger partial charge on any atom is -0.490 e. The van der Waals surface area contributed by atoms with Crippen LogP contribution in [0, 0.1) is 5.82 Å². The molecule has 1 N–H and O–H groups in total. The number of H-pyrrole nitrogens is 1. The fourth-order valence-corrected chi connectivity index (χ4v) is 2.36. The maximum atomic E-state index is 14.2. The van der Waals surface area contributed by atoms with Gasteiger partial charge in [0.15, 0.2) is 11.6 Å². The Bertz CT molecular complexity index is 983. The summed E-state index contributed by atoms with van der Waals surface area (Å²) in [5, 5.41) is 0.358. The summed E-state index contributed by atoms with van der Waals surface area (Å²) in [5.41, 5.74) is -1.13. The van der Waals surface area contributed by atoms with Crippen molar-refractivity contribution in [3.63, 3.8) is 0 Å². The predicted molar refractivity (Wildman–Crippen MR) is 90.3 cm³/mol. The van der Waals surface area contributed by atoms with Crippen LogP contribution < -0.4 is 16.0 Å². The molecule has 0 saturated heterocycles. The summed E-state index contributed by atoms with van der Waals surface area (Å²) in [5.74, 6) is -0.697. The van der Waals surface area contributed by atoms with Crippen LogP contribution in [0.1, 0.15) is 6.42 Å². The zero-order chi connectivity index (χ0) is 18.5. The molecule has 2 aliphatic rings. The van der Waals surface area contributed by atoms with Crippen LogP contribution in [0.4, 0.5) is 4.39 Å². The predicted octanol–water partition coefficient (Wildman–Crippen LogP) is 1.55. The maximum Gasteiger partial charge on any atom is 0.351 e. The molecule has 3 rings (SSSR count). The van der Waals surface area contributed by atoms with E-state index < -0.39 is 17.1 Å². The van der Waals surface area contributed by atoms with Gasteiger partial charge < -0.3 is 18.6 Å². The highest BCUT2D eigenvalue weighted by molar-refractivity contribution is 5.83. The van der Waals surface area contributed by atoms with E-state index in [4.69, 9.17) is 18.6 Å². The molecule has 1 aromatic carbocycles. The minimum absolute atomic E-state index is 0.00433. The molecule has 0 atom stereocenters. The molecule has 9 heteroatoms. The van der Waals surface area contributed by atoms with Gasteiger partial charge in [-0.1, -0.05) is 0 Å². The zero-order valence-electron chi connectivity index (χ0n) is 14.0. The first kappa shape index (κ1) is 18.0. The number of rotatable bonds is 8. The molecule has 0 aromatic heterocycles. The summed E-state index contributed by atoms with van der Waals surface area (Å²) >= 11 is 0. The molecular formula is C17H17FN2O6. The second-order valence-electron chi connectivity index (χ2n) is 5.46. The highest BCUT2D eigenvalue weighted by Gasteiger charge is 2.16. The highest BCUT2D eigenvalue weighted by atomic mass is 19.1. The molecule has 26 heavy (non-hydrogen) atoms. The van der Waals surface area contributed by atoms with Gasteiger partial charge in [0, 0.05) is 31.6 Å². The Morgan fingerprint density at radius 3 is 2.81 bits per heavy atom. The molecule has 138 valence electrons. The van der Waals surface area contributed by atoms with Crippen molar-refractivity contribution in [1.29, 1.82) is 0 Å². The van der Waals surface area contributed by atoms with Crippen molar-refractivity contribution in [3.05, 3.63) is 44.9 Å². The molecule has 0 amide bonds. The van der Waals surface area contributed by atoms with Crippen molar-refractivity contribution < 1.29 is 23.0 Å². The van der Waals surface area contributed by atoms with E-state index >= 15 is 0 Å². The lowest BCUT2D eigenvalue weighted by Crippen LogP contribution is -2.24. The number of hydrogen-bond donors (Lipinski definition) is 1. The van der Waals surface area contributed by atoms with E-state index in [1.807, 2.05) is 4.98 Å². The van der Waals surface area contributed by atoms with Crippen LogP contribution in [-0.2, 0) is 9.47 Å². The van der Waals surface area contributed by atoms with E-state index in [2.05, 4.69) is 4.98 Å². The van der Waals surface area contributed by atoms with E-state index in [0.29, 0.717) is 31.6 Å². The van der Waals surface area contributed by atoms with E-state index in [-0.39, 0.29) is 29.4 Å². The maximum absolute atomic E-state index is 14.2. The van der Waals surface area contributed by atoms with Gasteiger partial charge in [0.2, 0.25) is 5.89 Å². The lowest BCUT2D eigenvalue weighted by atomic mass is 10.1. The van der Waals surface area contributed by atoms with Crippen molar-refractivity contribution in [2.24, 2.45) is 0 Å². The van der Waals surface area contributed by atoms with Crippen LogP contribution >= 0.6 is 0 Å². The average molecular weight is 364 g/mol. The van der Waals surface area contributed by atoms with Crippen LogP contribution in [0.25, 0.3) is 22.4 Å². The first-order chi connectivity index (χ1) is 12.6. The summed E-state index contributed by atoms with van der Waals surface area (Å²) in [6.07, 6.45) is 0.576. The molecule has 0 aliphatic carbocycles. The van der Waals surface area contributed by atoms with Crippen molar-refractivity contribution in [2.75, 3.05) is 33.5 Å². The fraction of sp³-hybridized carbons (Fsp3) is 0.353. The number of hydrogen-bond acceptors (Lipinski definition) is 7. The van der Waals surface area contributed by atoms with Gasteiger partial charge in [0.1, 0.15) is 11.1 Å². The summed E-state index contributed by atoms with van der Waals surface area (Å²) in [4.78, 5) is 28.7. The molecule has 0 unspecified atom stereocenters. The van der Waals surface area contributed by atoms with Crippen LogP contribution in [-0.4, -0.2) is 43.5 Å². The minimum atomic E-state index is -0.808. The van der Waals surface area contributed by atoms with Gasteiger partial charge in [-0.2, -0.15) is 4.98 Å². The van der Waals surface area contributed by atoms with Gasteiger partial charge in [-0.15, -0.1) is 0 Å². The molecule has 0 bridgehead atoms. The Kier molecular flexibility index (Phi) is 5.59. The molecule has 8 nitrogen and oxygen atoms in total. The normalized spacial score (nSPS) is 11.3. The van der Waals surface area contributed by atoms with Gasteiger partial charge in [-0.25, -0.2) is 9.18 Å². The summed E-state index contributed by atoms with van der Waals surface area (Å²) < 4.78 is 35.2. The Morgan fingerprint density at radius 1 is 1.15 bits per heavy atom. The Hall–Kier alpha value is -2.78. The number of nitrogens with zero attached hydrogens (tertiary/aromatic N) is 1. The Morgan fingerprint density at radius 2 is 2.00 bits per heavy atom. The molecule has 0 saturated carbocycles. The molecule has 2 aliphatic heterocycles. The van der Waals surface area contributed by atoms with Crippen molar-refractivity contribution in [2.45, 2.75) is 6.42 Å². The van der Waals surface area contributed by atoms with Crippen LogP contribution in [0.3, 0.4) is 0 Å². The number of benzene rings is 1. The van der Waals surface area contributed by atoms with E-state index in [1.54, 1.807) is 7.11 Å². The van der Waals surface area contributed by atoms with Crippen LogP contribution in [0.5, 0.6) is 5.75 Å². The smallest absolute Gasteiger partial charge is 0.351 e. The number of methoxy groups -OCH3 is 1. The van der Waals surface area contributed by atoms with Gasteiger partial charge in [-0.05, 0) is 12.1 Å². The average Bonchev–Trinajstić information content (AvgIpc) is 2.60. The summed E-state index contributed by atoms with van der Waals surface area (Å²) in [7, 11) is 1.59. The molecule has 2 heterocycles. The van der Waals surface area contributed by atoms with Gasteiger partial charge >= 0.3 is 5.69 Å². The van der Waals surface area contributed by atoms with Crippen LogP contribution in [0.2, 0.25) is 0 Å². The Balaban J connectivity index is 1.77. The van der Waals surface area contributed by atoms with E-state index in [1.165, 1.54) is 18.2 Å². The van der Waals surface area contributed by atoms with E-state index in [0.717, 1.165) is 0 Å². The fourth-order valence-electron chi connectivity index (χ4n) is 2.36. The third kappa shape index (κ3) is 4.06. The monoisotopic (exact) mass is 364 g/mol. The quantitative estimate of drug-likeness (QED) is 0.478. The first-order valence-electron chi connectivity index (χ1n) is 7.95. The SMILES string of the molecule is COCCOCCCOc1cc2oc3nc(=O)[nH]c(=O)c-3cc2cc1F. The second kappa shape index (κ2) is 8.07. The number of ether oxygens (including phenoxy) is 3. The zero-order valence-corrected chi connectivity index (χ0v) is 14.0. The highest BCUT2D eigenvalue weighted by Crippen LogP contribution is 2.29. The van der Waals surface area contributed by atoms with Crippen molar-refractivity contribution in [1.82, 2.24) is 9.97 Å². The number of halogens is 1. The van der Waals surface area contributed by atoms with Crippen LogP contribution in [0.15, 0.2) is 32.2 Å². The van der Waals surface area contributed by atoms with Crippen molar-refractivity contribution >= 4 is 11.0 Å². The summed E-state index contributed by atoms with van der Waals surface area (Å²) in [6, 6.07) is 3.98. The first-order valence-corrected chi connectivity index (χ1v) is 7.95. The molecule has 0 fully saturated rings. The third-order valence-electron chi connectivity index (χ3n) is 3.59. The lowest BCUT2D eigenvalue weighted by molar-refractivity contribution is 0.0642. The number of nitrogens with one attached hydrogen (secondary N) is 1. The lowest BCUT2D eigenvalue weighted by Gasteiger charge is -2.10. The molecular weight excluding hydrogens is 347 g/mol. The van der Waals surface area contributed by atoms with E-state index in [9.17, 15) is 14.0 Å². The van der Waals surface area contributed by atoms with Gasteiger partial charge in [0.25, 0.3) is 5.56 Å². The largest absolute Gasteiger partial charge is 0.490 e. The topological polar surface area (TPSA) is 104 Å². The number of fused-ring (bicyclic) bond motifs is 2. The Labute approximate surface area is 146 Å². The van der Waals surface area contributed by atoms with Gasteiger partial charge in [0.05, 0.1) is 19.8 Å². The second-order valence-corrected chi connectivity index (χ2v) is 5.46. The number of aromatic nitrogens is 2. The molecule has 0 radical (unpaired) electrons. The molecule has 0 spiro atoms. The van der Waals surface area contributed by atoms with Crippen molar-refractivity contribution in [3.8, 4) is 17.2 Å². The summed E-state index contributed by atoms with van der Waals surface area (Å²) in [6.45, 7) is 1.72. The number of aromatic amines is 1. The van der Waals surface area contributed by atoms with Gasteiger partial charge in [-0.3, -0.25) is 9.78 Å².